The Morgan fingerprint density at radius 3 is 2.21 bits per heavy atom. The number of amides is 1. The number of nitrogens with zero attached hydrogens (tertiary/aromatic N) is 1. The number of benzene rings is 2. The molecule has 2 aromatic rings. The summed E-state index contributed by atoms with van der Waals surface area (Å²) in [6.45, 7) is 12.9. The number of hydrogen-bond donors (Lipinski definition) is 1. The molecular weight excluding hydrogens is 504 g/mol. The second-order valence-corrected chi connectivity index (χ2v) is 10.1. The van der Waals surface area contributed by atoms with E-state index in [1.807, 2.05) is 6.92 Å². The summed E-state index contributed by atoms with van der Waals surface area (Å²) in [6.07, 6.45) is 8.01. The molecule has 0 spiro atoms. The van der Waals surface area contributed by atoms with Gasteiger partial charge in [-0.3, -0.25) is 4.79 Å². The minimum absolute atomic E-state index is 0.137. The Kier molecular flexibility index (Phi) is 13.0. The Morgan fingerprint density at radius 2 is 1.67 bits per heavy atom. The molecule has 2 aromatic carbocycles. The number of rotatable bonds is 10. The van der Waals surface area contributed by atoms with Gasteiger partial charge in [-0.05, 0) is 92.8 Å². The van der Waals surface area contributed by atoms with E-state index in [-0.39, 0.29) is 11.3 Å². The van der Waals surface area contributed by atoms with Crippen LogP contribution in [-0.4, -0.2) is 23.9 Å². The monoisotopic (exact) mass is 548 g/mol. The highest BCUT2D eigenvalue weighted by molar-refractivity contribution is 6.04. The fourth-order valence-corrected chi connectivity index (χ4v) is 5.16. The molecule has 0 saturated heterocycles. The topological polar surface area (TPSA) is 32.3 Å². The summed E-state index contributed by atoms with van der Waals surface area (Å²) in [4.78, 5) is 14.8. The number of carbonyl (C=O) groups excluding carboxylic acids is 1. The van der Waals surface area contributed by atoms with Gasteiger partial charge in [0.25, 0.3) is 5.91 Å². The number of halogens is 4. The van der Waals surface area contributed by atoms with Gasteiger partial charge in [0.1, 0.15) is 5.82 Å². The molecule has 7 heteroatoms. The second kappa shape index (κ2) is 15.7. The molecule has 216 valence electrons. The van der Waals surface area contributed by atoms with Crippen LogP contribution in [0.15, 0.2) is 48.2 Å². The molecule has 0 radical (unpaired) electrons. The number of alkyl halides is 3. The first-order valence-corrected chi connectivity index (χ1v) is 14.3. The molecule has 3 rings (SSSR count). The number of aryl methyl sites for hydroxylation is 1. The van der Waals surface area contributed by atoms with Crippen LogP contribution in [0.25, 0.3) is 0 Å². The Hall–Kier alpha value is -2.83. The lowest BCUT2D eigenvalue weighted by molar-refractivity contribution is -0.137. The SMILES string of the molecule is CC/C=C(/C1CCCC1)N(CCC)CCC.CCc1cc(F)cc(NC(=O)c2cccc(C(F)(F)F)c2)c1C. The van der Waals surface area contributed by atoms with Crippen molar-refractivity contribution in [3.63, 3.8) is 0 Å². The molecule has 0 bridgehead atoms. The first kappa shape index (κ1) is 32.4. The van der Waals surface area contributed by atoms with Crippen molar-refractivity contribution in [2.75, 3.05) is 18.4 Å². The number of carbonyl (C=O) groups is 1. The molecule has 1 N–H and O–H groups in total. The Balaban J connectivity index is 0.000000293. The minimum atomic E-state index is -4.53. The van der Waals surface area contributed by atoms with E-state index in [1.54, 1.807) is 12.6 Å². The van der Waals surface area contributed by atoms with E-state index in [9.17, 15) is 22.4 Å². The highest BCUT2D eigenvalue weighted by Gasteiger charge is 2.31. The zero-order valence-corrected chi connectivity index (χ0v) is 24.1. The average molecular weight is 549 g/mol. The summed E-state index contributed by atoms with van der Waals surface area (Å²) in [7, 11) is 0. The van der Waals surface area contributed by atoms with Crippen molar-refractivity contribution >= 4 is 11.6 Å². The van der Waals surface area contributed by atoms with Crippen LogP contribution in [0.1, 0.15) is 99.7 Å². The molecule has 1 aliphatic rings. The summed E-state index contributed by atoms with van der Waals surface area (Å²) in [5.74, 6) is -0.350. The first-order valence-electron chi connectivity index (χ1n) is 14.3. The third-order valence-corrected chi connectivity index (χ3v) is 7.10. The summed E-state index contributed by atoms with van der Waals surface area (Å²) in [6, 6.07) is 6.62. The van der Waals surface area contributed by atoms with Gasteiger partial charge >= 0.3 is 6.18 Å². The molecule has 3 nitrogen and oxygen atoms in total. The lowest BCUT2D eigenvalue weighted by Gasteiger charge is -2.31. The van der Waals surface area contributed by atoms with Crippen LogP contribution in [0.5, 0.6) is 0 Å². The Bertz CT molecular complexity index is 1080. The standard InChI is InChI=1S/C17H15F4NO.C15H29N/c1-3-11-8-14(18)9-15(10(11)2)22-16(23)12-5-4-6-13(7-12)17(19,20)21;1-4-9-15(14-10-7-8-11-14)16(12-5-2)13-6-3/h4-9H,3H2,1-2H3,(H,22,23);9,14H,4-8,10-13H2,1-3H3/b;15-9-. The smallest absolute Gasteiger partial charge is 0.375 e. The van der Waals surface area contributed by atoms with Crippen LogP contribution >= 0.6 is 0 Å². The van der Waals surface area contributed by atoms with Crippen molar-refractivity contribution in [3.05, 3.63) is 76.2 Å². The maximum Gasteiger partial charge on any atom is 0.416 e. The van der Waals surface area contributed by atoms with Crippen molar-refractivity contribution in [3.8, 4) is 0 Å². The van der Waals surface area contributed by atoms with Crippen molar-refractivity contribution in [1.82, 2.24) is 4.90 Å². The van der Waals surface area contributed by atoms with Gasteiger partial charge in [-0.15, -0.1) is 0 Å². The zero-order chi connectivity index (χ0) is 29.0. The summed E-state index contributed by atoms with van der Waals surface area (Å²) in [5.41, 5.74) is 2.29. The highest BCUT2D eigenvalue weighted by Crippen LogP contribution is 2.33. The van der Waals surface area contributed by atoms with E-state index in [0.29, 0.717) is 12.0 Å². The van der Waals surface area contributed by atoms with Crippen LogP contribution in [0.4, 0.5) is 23.2 Å². The second-order valence-electron chi connectivity index (χ2n) is 10.1. The third-order valence-electron chi connectivity index (χ3n) is 7.10. The Morgan fingerprint density at radius 1 is 1.03 bits per heavy atom. The van der Waals surface area contributed by atoms with E-state index < -0.39 is 23.5 Å². The van der Waals surface area contributed by atoms with Crippen molar-refractivity contribution < 1.29 is 22.4 Å². The van der Waals surface area contributed by atoms with Gasteiger partial charge in [0.2, 0.25) is 0 Å². The maximum absolute atomic E-state index is 13.6. The van der Waals surface area contributed by atoms with Gasteiger partial charge in [0.15, 0.2) is 0 Å². The van der Waals surface area contributed by atoms with Crippen LogP contribution in [0.2, 0.25) is 0 Å². The van der Waals surface area contributed by atoms with E-state index in [2.05, 4.69) is 37.1 Å². The van der Waals surface area contributed by atoms with E-state index in [0.717, 1.165) is 35.7 Å². The number of nitrogens with one attached hydrogen (secondary N) is 1. The quantitative estimate of drug-likeness (QED) is 0.300. The lowest BCUT2D eigenvalue weighted by atomic mass is 10.0. The molecule has 39 heavy (non-hydrogen) atoms. The third kappa shape index (κ3) is 9.70. The molecule has 0 atom stereocenters. The summed E-state index contributed by atoms with van der Waals surface area (Å²) in [5, 5.41) is 2.47. The van der Waals surface area contributed by atoms with Crippen LogP contribution in [0.3, 0.4) is 0 Å². The van der Waals surface area contributed by atoms with Crippen LogP contribution in [0, 0.1) is 18.7 Å². The maximum atomic E-state index is 13.6. The normalized spacial score (nSPS) is 14.1. The van der Waals surface area contributed by atoms with E-state index in [4.69, 9.17) is 0 Å². The summed E-state index contributed by atoms with van der Waals surface area (Å²) < 4.78 is 51.6. The van der Waals surface area contributed by atoms with Crippen LogP contribution < -0.4 is 5.32 Å². The largest absolute Gasteiger partial charge is 0.416 e. The van der Waals surface area contributed by atoms with Gasteiger partial charge < -0.3 is 10.2 Å². The van der Waals surface area contributed by atoms with Crippen molar-refractivity contribution in [2.45, 2.75) is 92.2 Å². The molecule has 1 saturated carbocycles. The lowest BCUT2D eigenvalue weighted by Crippen LogP contribution is -2.28. The van der Waals surface area contributed by atoms with Crippen molar-refractivity contribution in [1.29, 1.82) is 0 Å². The van der Waals surface area contributed by atoms with E-state index >= 15 is 0 Å². The van der Waals surface area contributed by atoms with Gasteiger partial charge in [0.05, 0.1) is 5.56 Å². The fourth-order valence-electron chi connectivity index (χ4n) is 5.16. The number of anilines is 1. The molecule has 0 aliphatic heterocycles. The molecular formula is C32H44F4N2O. The molecule has 1 fully saturated rings. The molecule has 0 unspecified atom stereocenters. The Labute approximate surface area is 231 Å². The fraction of sp³-hybridized carbons (Fsp3) is 0.531. The highest BCUT2D eigenvalue weighted by atomic mass is 19.4. The predicted octanol–water partition coefficient (Wildman–Crippen LogP) is 9.56. The van der Waals surface area contributed by atoms with Gasteiger partial charge in [-0.2, -0.15) is 13.2 Å². The van der Waals surface area contributed by atoms with E-state index in [1.165, 1.54) is 70.2 Å². The van der Waals surface area contributed by atoms with Gasteiger partial charge in [0, 0.05) is 30.0 Å². The van der Waals surface area contributed by atoms with Crippen LogP contribution in [-0.2, 0) is 12.6 Å². The molecule has 1 amide bonds. The van der Waals surface area contributed by atoms with Crippen molar-refractivity contribution in [2.24, 2.45) is 5.92 Å². The average Bonchev–Trinajstić information content (AvgIpc) is 3.44. The first-order chi connectivity index (χ1) is 18.5. The summed E-state index contributed by atoms with van der Waals surface area (Å²) >= 11 is 0. The van der Waals surface area contributed by atoms with Gasteiger partial charge in [-0.1, -0.05) is 52.7 Å². The predicted molar refractivity (Wildman–Crippen MR) is 152 cm³/mol. The number of hydrogen-bond acceptors (Lipinski definition) is 2. The minimum Gasteiger partial charge on any atom is -0.375 e. The zero-order valence-electron chi connectivity index (χ0n) is 24.1. The molecule has 0 aromatic heterocycles. The van der Waals surface area contributed by atoms with Gasteiger partial charge in [-0.25, -0.2) is 4.39 Å². The molecule has 0 heterocycles. The molecule has 1 aliphatic carbocycles. The number of allylic oxidation sites excluding steroid dienone is 2.